The molecule has 176 valence electrons. The van der Waals surface area contributed by atoms with Crippen LogP contribution in [0.3, 0.4) is 0 Å². The molecule has 2 aromatic carbocycles. The number of hydrogen-bond acceptors (Lipinski definition) is 7. The summed E-state index contributed by atoms with van der Waals surface area (Å²) < 4.78 is 12.2. The Morgan fingerprint density at radius 2 is 2.00 bits per heavy atom. The minimum atomic E-state index is -0.0505. The number of aromatic nitrogens is 1. The number of benzene rings is 2. The van der Waals surface area contributed by atoms with E-state index in [1.807, 2.05) is 48.7 Å². The topological polar surface area (TPSA) is 94.3 Å². The molecule has 3 aromatic rings. The molecule has 0 saturated carbocycles. The third-order valence-corrected chi connectivity index (χ3v) is 7.10. The van der Waals surface area contributed by atoms with Crippen molar-refractivity contribution in [3.63, 3.8) is 0 Å². The molecule has 1 aromatic heterocycles. The number of nitrogens with zero attached hydrogens (tertiary/aromatic N) is 3. The Hall–Kier alpha value is -3.89. The first-order valence-corrected chi connectivity index (χ1v) is 12.2. The van der Waals surface area contributed by atoms with Gasteiger partial charge in [0.2, 0.25) is 0 Å². The maximum absolute atomic E-state index is 9.23. The Balaban J connectivity index is 1.22. The number of pyridine rings is 1. The highest BCUT2D eigenvalue weighted by Gasteiger charge is 2.38. The highest BCUT2D eigenvalue weighted by molar-refractivity contribution is 5.88. The van der Waals surface area contributed by atoms with E-state index in [9.17, 15) is 5.26 Å². The van der Waals surface area contributed by atoms with Crippen LogP contribution in [0.25, 0.3) is 0 Å². The lowest BCUT2D eigenvalue weighted by molar-refractivity contribution is -0.133. The SMILES string of the molecule is N#Cc1ccc2c(c1)CCCC2Oc1ccc(C=N)c(Nc2ccnc(N3CC4CC(C3)O4)c2)c1. The lowest BCUT2D eigenvalue weighted by Crippen LogP contribution is -2.57. The summed E-state index contributed by atoms with van der Waals surface area (Å²) in [5, 5.41) is 20.6. The second-order valence-corrected chi connectivity index (χ2v) is 9.47. The zero-order chi connectivity index (χ0) is 23.8. The van der Waals surface area contributed by atoms with Crippen LogP contribution >= 0.6 is 0 Å². The average molecular weight is 466 g/mol. The van der Waals surface area contributed by atoms with Crippen molar-refractivity contribution in [2.75, 3.05) is 23.3 Å². The smallest absolute Gasteiger partial charge is 0.130 e. The van der Waals surface area contributed by atoms with Gasteiger partial charge in [0, 0.05) is 55.3 Å². The normalized spacial score (nSPS) is 22.4. The Morgan fingerprint density at radius 1 is 1.14 bits per heavy atom. The summed E-state index contributed by atoms with van der Waals surface area (Å²) in [6.45, 7) is 1.75. The van der Waals surface area contributed by atoms with E-state index >= 15 is 0 Å². The van der Waals surface area contributed by atoms with Gasteiger partial charge >= 0.3 is 0 Å². The summed E-state index contributed by atoms with van der Waals surface area (Å²) in [6, 6.07) is 17.9. The first kappa shape index (κ1) is 21.6. The third kappa shape index (κ3) is 4.33. The van der Waals surface area contributed by atoms with E-state index in [2.05, 4.69) is 27.3 Å². The largest absolute Gasteiger partial charge is 0.486 e. The molecular weight excluding hydrogens is 438 g/mol. The first-order valence-electron chi connectivity index (χ1n) is 12.2. The van der Waals surface area contributed by atoms with Crippen LogP contribution in [0.5, 0.6) is 5.75 Å². The van der Waals surface area contributed by atoms with Gasteiger partial charge in [0.05, 0.1) is 29.5 Å². The van der Waals surface area contributed by atoms with Gasteiger partial charge in [-0.3, -0.25) is 0 Å². The molecule has 3 saturated heterocycles. The summed E-state index contributed by atoms with van der Waals surface area (Å²) >= 11 is 0. The Bertz CT molecular complexity index is 1300. The summed E-state index contributed by atoms with van der Waals surface area (Å²) in [5.41, 5.74) is 5.56. The highest BCUT2D eigenvalue weighted by atomic mass is 16.5. The van der Waals surface area contributed by atoms with Crippen molar-refractivity contribution in [3.05, 3.63) is 77.0 Å². The van der Waals surface area contributed by atoms with Crippen LogP contribution in [0.1, 0.15) is 47.6 Å². The van der Waals surface area contributed by atoms with Crippen LogP contribution in [-0.4, -0.2) is 36.5 Å². The molecule has 0 spiro atoms. The molecule has 3 unspecified atom stereocenters. The van der Waals surface area contributed by atoms with Crippen LogP contribution in [0.15, 0.2) is 54.7 Å². The molecule has 2 N–H and O–H groups in total. The Morgan fingerprint density at radius 3 is 2.80 bits per heavy atom. The van der Waals surface area contributed by atoms with Gasteiger partial charge in [-0.05, 0) is 60.7 Å². The van der Waals surface area contributed by atoms with E-state index in [4.69, 9.17) is 14.9 Å². The van der Waals surface area contributed by atoms with Gasteiger partial charge < -0.3 is 25.1 Å². The number of hydrogen-bond donors (Lipinski definition) is 2. The van der Waals surface area contributed by atoms with Crippen LogP contribution < -0.4 is 15.0 Å². The maximum Gasteiger partial charge on any atom is 0.130 e. The second-order valence-electron chi connectivity index (χ2n) is 9.47. The van der Waals surface area contributed by atoms with Gasteiger partial charge in [-0.1, -0.05) is 6.07 Å². The molecule has 2 bridgehead atoms. The van der Waals surface area contributed by atoms with Crippen LogP contribution in [-0.2, 0) is 11.2 Å². The number of nitrogens with one attached hydrogen (secondary N) is 2. The van der Waals surface area contributed by atoms with Gasteiger partial charge in [-0.2, -0.15) is 5.26 Å². The Labute approximate surface area is 204 Å². The summed E-state index contributed by atoms with van der Waals surface area (Å²) in [7, 11) is 0. The summed E-state index contributed by atoms with van der Waals surface area (Å²) in [5.74, 6) is 1.69. The number of piperidine rings is 1. The number of ether oxygens (including phenoxy) is 2. The van der Waals surface area contributed by atoms with Crippen molar-refractivity contribution in [2.45, 2.75) is 44.0 Å². The van der Waals surface area contributed by atoms with Crippen molar-refractivity contribution >= 4 is 23.4 Å². The number of aryl methyl sites for hydroxylation is 1. The minimum Gasteiger partial charge on any atom is -0.486 e. The number of anilines is 3. The molecule has 7 nitrogen and oxygen atoms in total. The lowest BCUT2D eigenvalue weighted by Gasteiger charge is -2.47. The van der Waals surface area contributed by atoms with Crippen LogP contribution in [0.2, 0.25) is 0 Å². The third-order valence-electron chi connectivity index (χ3n) is 7.10. The van der Waals surface area contributed by atoms with Crippen molar-refractivity contribution in [2.24, 2.45) is 0 Å². The fourth-order valence-corrected chi connectivity index (χ4v) is 5.34. The van der Waals surface area contributed by atoms with E-state index in [-0.39, 0.29) is 6.10 Å². The van der Waals surface area contributed by atoms with Gasteiger partial charge in [-0.25, -0.2) is 4.98 Å². The summed E-state index contributed by atoms with van der Waals surface area (Å²) in [4.78, 5) is 6.85. The fraction of sp³-hybridized carbons (Fsp3) is 0.321. The Kier molecular flexibility index (Phi) is 5.59. The number of nitriles is 1. The van der Waals surface area contributed by atoms with Crippen molar-refractivity contribution in [3.8, 4) is 11.8 Å². The average Bonchev–Trinajstić information content (AvgIpc) is 2.88. The molecule has 3 aliphatic heterocycles. The zero-order valence-electron chi connectivity index (χ0n) is 19.4. The van der Waals surface area contributed by atoms with Gasteiger partial charge in [0.15, 0.2) is 0 Å². The fourth-order valence-electron chi connectivity index (χ4n) is 5.34. The zero-order valence-corrected chi connectivity index (χ0v) is 19.4. The molecule has 3 atom stereocenters. The molecule has 7 heteroatoms. The van der Waals surface area contributed by atoms with Gasteiger partial charge in [0.1, 0.15) is 17.7 Å². The van der Waals surface area contributed by atoms with Crippen LogP contribution in [0, 0.1) is 16.7 Å². The predicted octanol–water partition coefficient (Wildman–Crippen LogP) is 5.13. The van der Waals surface area contributed by atoms with E-state index < -0.39 is 0 Å². The predicted molar refractivity (Wildman–Crippen MR) is 135 cm³/mol. The van der Waals surface area contributed by atoms with Crippen molar-refractivity contribution in [1.82, 2.24) is 4.98 Å². The lowest BCUT2D eigenvalue weighted by atomic mass is 9.88. The standard InChI is InChI=1S/C28H27N5O2/c29-14-18-4-7-25-19(10-18)2-1-3-27(25)35-22-6-5-20(15-30)26(13-22)32-21-8-9-31-28(11-21)33-16-23-12-24(17-33)34-23/h4-11,13,15,23-24,27,30H,1-3,12,16-17H2,(H,31,32). The number of rotatable bonds is 6. The minimum absolute atomic E-state index is 0.0505. The van der Waals surface area contributed by atoms with E-state index in [0.29, 0.717) is 17.8 Å². The van der Waals surface area contributed by atoms with Crippen molar-refractivity contribution in [1.29, 1.82) is 10.7 Å². The molecular formula is C28H27N5O2. The van der Waals surface area contributed by atoms with Gasteiger partial charge in [-0.15, -0.1) is 0 Å². The quantitative estimate of drug-likeness (QED) is 0.490. The van der Waals surface area contributed by atoms with E-state index in [1.165, 1.54) is 11.8 Å². The van der Waals surface area contributed by atoms with E-state index in [0.717, 1.165) is 72.8 Å². The second kappa shape index (κ2) is 9.05. The highest BCUT2D eigenvalue weighted by Crippen LogP contribution is 2.36. The molecule has 4 aliphatic rings. The van der Waals surface area contributed by atoms with Crippen molar-refractivity contribution < 1.29 is 9.47 Å². The van der Waals surface area contributed by atoms with E-state index in [1.54, 1.807) is 0 Å². The molecule has 3 fully saturated rings. The van der Waals surface area contributed by atoms with Crippen LogP contribution in [0.4, 0.5) is 17.2 Å². The molecule has 0 amide bonds. The van der Waals surface area contributed by atoms with Gasteiger partial charge in [0.25, 0.3) is 0 Å². The first-order chi connectivity index (χ1) is 17.2. The molecule has 7 rings (SSSR count). The summed E-state index contributed by atoms with van der Waals surface area (Å²) in [6.07, 6.45) is 7.84. The maximum atomic E-state index is 9.23. The molecule has 1 aliphatic carbocycles. The molecule has 0 radical (unpaired) electrons. The number of fused-ring (bicyclic) bond motifs is 3. The molecule has 35 heavy (non-hydrogen) atoms. The molecule has 4 heterocycles. The monoisotopic (exact) mass is 465 g/mol. The number of morpholine rings is 1.